The predicted molar refractivity (Wildman–Crippen MR) is 83.1 cm³/mol. The van der Waals surface area contributed by atoms with Gasteiger partial charge in [-0.3, -0.25) is 10.1 Å². The zero-order chi connectivity index (χ0) is 14.7. The predicted octanol–water partition coefficient (Wildman–Crippen LogP) is 3.57. The molecule has 20 heavy (non-hydrogen) atoms. The van der Waals surface area contributed by atoms with Crippen molar-refractivity contribution in [1.29, 1.82) is 0 Å². The van der Waals surface area contributed by atoms with Crippen LogP contribution >= 0.6 is 31.9 Å². The summed E-state index contributed by atoms with van der Waals surface area (Å²) in [4.78, 5) is 20.4. The number of carbonyl (C=O) groups excluding carboxylic acids is 1. The standard InChI is InChI=1S/C13H11Br2N3O2/c1-7-5-11(20-2)17-13(16-7)18-12(19)9-4-3-8(14)6-10(9)15/h3-6H,1-2H3,(H,16,17,18,19). The summed E-state index contributed by atoms with van der Waals surface area (Å²) in [5.74, 6) is 0.321. The second-order valence-corrected chi connectivity index (χ2v) is 5.72. The highest BCUT2D eigenvalue weighted by Gasteiger charge is 2.12. The Labute approximate surface area is 133 Å². The highest BCUT2D eigenvalue weighted by atomic mass is 79.9. The summed E-state index contributed by atoms with van der Waals surface area (Å²) < 4.78 is 6.61. The third-order valence-electron chi connectivity index (χ3n) is 2.44. The second kappa shape index (κ2) is 6.32. The number of carbonyl (C=O) groups is 1. The van der Waals surface area contributed by atoms with E-state index in [1.807, 2.05) is 0 Å². The van der Waals surface area contributed by atoms with E-state index in [1.54, 1.807) is 31.2 Å². The molecule has 2 rings (SSSR count). The first-order chi connectivity index (χ1) is 9.49. The van der Waals surface area contributed by atoms with Crippen molar-refractivity contribution in [1.82, 2.24) is 9.97 Å². The first kappa shape index (κ1) is 14.9. The highest BCUT2D eigenvalue weighted by Crippen LogP contribution is 2.22. The van der Waals surface area contributed by atoms with Crippen molar-refractivity contribution in [3.63, 3.8) is 0 Å². The molecule has 1 aromatic carbocycles. The molecule has 1 amide bonds. The molecule has 0 spiro atoms. The first-order valence-electron chi connectivity index (χ1n) is 5.65. The van der Waals surface area contributed by atoms with Gasteiger partial charge in [-0.05, 0) is 41.1 Å². The number of rotatable bonds is 3. The van der Waals surface area contributed by atoms with Crippen LogP contribution in [0.3, 0.4) is 0 Å². The molecule has 1 heterocycles. The van der Waals surface area contributed by atoms with Gasteiger partial charge in [-0.25, -0.2) is 4.98 Å². The molecule has 0 atom stereocenters. The van der Waals surface area contributed by atoms with Crippen LogP contribution in [-0.4, -0.2) is 23.0 Å². The van der Waals surface area contributed by atoms with Crippen LogP contribution in [0.15, 0.2) is 33.2 Å². The number of methoxy groups -OCH3 is 1. The molecule has 2 aromatic rings. The molecule has 0 radical (unpaired) electrons. The molecule has 0 bridgehead atoms. The Kier molecular flexibility index (Phi) is 4.72. The summed E-state index contributed by atoms with van der Waals surface area (Å²) in [6, 6.07) is 6.98. The average molecular weight is 401 g/mol. The molecule has 5 nitrogen and oxygen atoms in total. The van der Waals surface area contributed by atoms with Crippen LogP contribution < -0.4 is 10.1 Å². The van der Waals surface area contributed by atoms with Crippen LogP contribution in [0.1, 0.15) is 16.1 Å². The van der Waals surface area contributed by atoms with Gasteiger partial charge in [0.15, 0.2) is 0 Å². The average Bonchev–Trinajstić information content (AvgIpc) is 2.37. The molecular weight excluding hydrogens is 390 g/mol. The van der Waals surface area contributed by atoms with Crippen LogP contribution in [0.5, 0.6) is 5.88 Å². The maximum Gasteiger partial charge on any atom is 0.259 e. The van der Waals surface area contributed by atoms with Gasteiger partial charge in [0.25, 0.3) is 5.91 Å². The number of aryl methyl sites for hydroxylation is 1. The monoisotopic (exact) mass is 399 g/mol. The van der Waals surface area contributed by atoms with Crippen molar-refractivity contribution in [2.75, 3.05) is 12.4 Å². The summed E-state index contributed by atoms with van der Waals surface area (Å²) in [6.45, 7) is 1.80. The topological polar surface area (TPSA) is 64.1 Å². The Morgan fingerprint density at radius 3 is 2.65 bits per heavy atom. The van der Waals surface area contributed by atoms with E-state index in [0.717, 1.165) is 4.47 Å². The van der Waals surface area contributed by atoms with E-state index < -0.39 is 0 Å². The van der Waals surface area contributed by atoms with Gasteiger partial charge in [0.1, 0.15) is 0 Å². The molecule has 1 aromatic heterocycles. The van der Waals surface area contributed by atoms with E-state index in [1.165, 1.54) is 7.11 Å². The third kappa shape index (κ3) is 3.55. The van der Waals surface area contributed by atoms with Crippen molar-refractivity contribution in [3.05, 3.63) is 44.5 Å². The lowest BCUT2D eigenvalue weighted by Gasteiger charge is -2.08. The van der Waals surface area contributed by atoms with E-state index >= 15 is 0 Å². The summed E-state index contributed by atoms with van der Waals surface area (Å²) in [5, 5.41) is 2.65. The quantitative estimate of drug-likeness (QED) is 0.855. The minimum Gasteiger partial charge on any atom is -0.481 e. The van der Waals surface area contributed by atoms with Crippen LogP contribution in [0.2, 0.25) is 0 Å². The van der Waals surface area contributed by atoms with Crippen molar-refractivity contribution in [2.24, 2.45) is 0 Å². The number of ether oxygens (including phenoxy) is 1. The Morgan fingerprint density at radius 2 is 2.00 bits per heavy atom. The fourth-order valence-electron chi connectivity index (χ4n) is 1.54. The molecule has 0 aliphatic rings. The SMILES string of the molecule is COc1cc(C)nc(NC(=O)c2ccc(Br)cc2Br)n1. The summed E-state index contributed by atoms with van der Waals surface area (Å²) in [7, 11) is 1.51. The summed E-state index contributed by atoms with van der Waals surface area (Å²) in [5.41, 5.74) is 1.21. The Morgan fingerprint density at radius 1 is 1.25 bits per heavy atom. The lowest BCUT2D eigenvalue weighted by molar-refractivity contribution is 0.102. The lowest BCUT2D eigenvalue weighted by atomic mass is 10.2. The summed E-state index contributed by atoms with van der Waals surface area (Å²) >= 11 is 6.69. The number of nitrogens with one attached hydrogen (secondary N) is 1. The smallest absolute Gasteiger partial charge is 0.259 e. The van der Waals surface area contributed by atoms with E-state index in [9.17, 15) is 4.79 Å². The Bertz CT molecular complexity index is 662. The maximum atomic E-state index is 12.2. The number of hydrogen-bond donors (Lipinski definition) is 1. The second-order valence-electron chi connectivity index (χ2n) is 3.95. The van der Waals surface area contributed by atoms with Crippen molar-refractivity contribution >= 4 is 43.7 Å². The van der Waals surface area contributed by atoms with Crippen molar-refractivity contribution in [2.45, 2.75) is 6.92 Å². The fourth-order valence-corrected chi connectivity index (χ4v) is 2.77. The number of hydrogen-bond acceptors (Lipinski definition) is 4. The minimum atomic E-state index is -0.294. The molecule has 7 heteroatoms. The van der Waals surface area contributed by atoms with Gasteiger partial charge in [0, 0.05) is 20.7 Å². The molecule has 0 aliphatic carbocycles. The molecule has 0 saturated heterocycles. The molecular formula is C13H11Br2N3O2. The Balaban J connectivity index is 2.25. The number of nitrogens with zero attached hydrogens (tertiary/aromatic N) is 2. The zero-order valence-electron chi connectivity index (χ0n) is 10.8. The molecule has 104 valence electrons. The molecule has 0 aliphatic heterocycles. The first-order valence-corrected chi connectivity index (χ1v) is 7.24. The summed E-state index contributed by atoms with van der Waals surface area (Å²) in [6.07, 6.45) is 0. The van der Waals surface area contributed by atoms with Crippen LogP contribution in [0.25, 0.3) is 0 Å². The minimum absolute atomic E-state index is 0.210. The molecule has 1 N–H and O–H groups in total. The maximum absolute atomic E-state index is 12.2. The molecule has 0 fully saturated rings. The van der Waals surface area contributed by atoms with Crippen molar-refractivity contribution < 1.29 is 9.53 Å². The number of aromatic nitrogens is 2. The highest BCUT2D eigenvalue weighted by molar-refractivity contribution is 9.11. The van der Waals surface area contributed by atoms with E-state index in [0.29, 0.717) is 21.6 Å². The molecule has 0 unspecified atom stereocenters. The number of benzene rings is 1. The third-order valence-corrected chi connectivity index (χ3v) is 3.59. The van der Waals surface area contributed by atoms with Crippen LogP contribution in [-0.2, 0) is 0 Å². The number of halogens is 2. The normalized spacial score (nSPS) is 10.2. The van der Waals surface area contributed by atoms with Crippen LogP contribution in [0.4, 0.5) is 5.95 Å². The van der Waals surface area contributed by atoms with Gasteiger partial charge in [-0.15, -0.1) is 0 Å². The van der Waals surface area contributed by atoms with Gasteiger partial charge < -0.3 is 4.74 Å². The van der Waals surface area contributed by atoms with E-state index in [-0.39, 0.29) is 11.9 Å². The van der Waals surface area contributed by atoms with Gasteiger partial charge in [-0.2, -0.15) is 4.98 Å². The fraction of sp³-hybridized carbons (Fsp3) is 0.154. The van der Waals surface area contributed by atoms with Crippen LogP contribution in [0, 0.1) is 6.92 Å². The number of anilines is 1. The van der Waals surface area contributed by atoms with Gasteiger partial charge in [0.2, 0.25) is 11.8 Å². The number of amides is 1. The Hall–Kier alpha value is -1.47. The largest absolute Gasteiger partial charge is 0.481 e. The van der Waals surface area contributed by atoms with E-state index in [2.05, 4.69) is 47.1 Å². The van der Waals surface area contributed by atoms with Gasteiger partial charge in [-0.1, -0.05) is 15.9 Å². The molecule has 0 saturated carbocycles. The lowest BCUT2D eigenvalue weighted by Crippen LogP contribution is -2.15. The van der Waals surface area contributed by atoms with Gasteiger partial charge in [0.05, 0.1) is 12.7 Å². The van der Waals surface area contributed by atoms with Crippen molar-refractivity contribution in [3.8, 4) is 5.88 Å². The van der Waals surface area contributed by atoms with Gasteiger partial charge >= 0.3 is 0 Å². The van der Waals surface area contributed by atoms with E-state index in [4.69, 9.17) is 4.74 Å². The zero-order valence-corrected chi connectivity index (χ0v) is 13.9.